The summed E-state index contributed by atoms with van der Waals surface area (Å²) < 4.78 is 11.4. The molecule has 2 heterocycles. The van der Waals surface area contributed by atoms with Crippen LogP contribution >= 0.6 is 0 Å². The monoisotopic (exact) mass is 449 g/mol. The number of hydrogen-bond donors (Lipinski definition) is 2. The molecule has 1 aromatic heterocycles. The minimum Gasteiger partial charge on any atom is -0.497 e. The Balaban J connectivity index is 1.54. The highest BCUT2D eigenvalue weighted by atomic mass is 16.5. The number of H-pyrrole nitrogens is 1. The molecule has 8 heteroatoms. The maximum atomic E-state index is 13.3. The van der Waals surface area contributed by atoms with Gasteiger partial charge >= 0.3 is 0 Å². The number of anilines is 1. The first-order valence-corrected chi connectivity index (χ1v) is 11.0. The zero-order valence-electron chi connectivity index (χ0n) is 19.6. The quantitative estimate of drug-likeness (QED) is 0.550. The molecular weight excluding hydrogens is 418 g/mol. The molecule has 3 aromatic rings. The average Bonchev–Trinajstić information content (AvgIpc) is 3.34. The molecule has 1 amide bonds. The van der Waals surface area contributed by atoms with Crippen molar-refractivity contribution in [3.05, 3.63) is 59.9 Å². The molecule has 1 aliphatic rings. The van der Waals surface area contributed by atoms with E-state index in [1.165, 1.54) is 5.56 Å². The van der Waals surface area contributed by atoms with Crippen molar-refractivity contribution in [1.82, 2.24) is 20.0 Å². The van der Waals surface area contributed by atoms with Gasteiger partial charge in [0.1, 0.15) is 18.1 Å². The van der Waals surface area contributed by atoms with Crippen molar-refractivity contribution in [3.63, 3.8) is 0 Å². The van der Waals surface area contributed by atoms with Crippen LogP contribution < -0.4 is 14.8 Å². The van der Waals surface area contributed by atoms with E-state index < -0.39 is 0 Å². The number of carbonyl (C=O) groups excluding carboxylic acids is 1. The van der Waals surface area contributed by atoms with Crippen LogP contribution in [-0.2, 0) is 17.8 Å². The Bertz CT molecular complexity index is 1100. The summed E-state index contributed by atoms with van der Waals surface area (Å²) in [6, 6.07) is 11.6. The van der Waals surface area contributed by atoms with Crippen molar-refractivity contribution in [1.29, 1.82) is 0 Å². The van der Waals surface area contributed by atoms with Crippen LogP contribution in [0.3, 0.4) is 0 Å². The molecule has 0 radical (unpaired) electrons. The molecule has 0 bridgehead atoms. The van der Waals surface area contributed by atoms with Crippen molar-refractivity contribution >= 4 is 11.6 Å². The predicted octanol–water partition coefficient (Wildman–Crippen LogP) is 3.02. The number of benzene rings is 2. The molecule has 0 fully saturated rings. The van der Waals surface area contributed by atoms with Crippen molar-refractivity contribution in [3.8, 4) is 22.6 Å². The fraction of sp³-hybridized carbons (Fsp3) is 0.360. The molecule has 0 saturated carbocycles. The van der Waals surface area contributed by atoms with Crippen LogP contribution in [0.4, 0.5) is 5.69 Å². The summed E-state index contributed by atoms with van der Waals surface area (Å²) in [5.74, 6) is 1.40. The van der Waals surface area contributed by atoms with E-state index in [0.717, 1.165) is 29.0 Å². The lowest BCUT2D eigenvalue weighted by Gasteiger charge is -2.33. The maximum absolute atomic E-state index is 13.3. The summed E-state index contributed by atoms with van der Waals surface area (Å²) in [6.07, 6.45) is 4.22. The van der Waals surface area contributed by atoms with Crippen LogP contribution in [0.5, 0.6) is 11.5 Å². The van der Waals surface area contributed by atoms with Crippen molar-refractivity contribution < 1.29 is 14.3 Å². The van der Waals surface area contributed by atoms with Crippen molar-refractivity contribution in [2.75, 3.05) is 46.7 Å². The van der Waals surface area contributed by atoms with E-state index in [4.69, 9.17) is 9.47 Å². The minimum absolute atomic E-state index is 0.0560. The minimum atomic E-state index is -0.284. The third-order valence-electron chi connectivity index (χ3n) is 5.95. The second-order valence-corrected chi connectivity index (χ2v) is 8.61. The number of amides is 1. The average molecular weight is 450 g/mol. The standard InChI is InChI=1S/C25H31N5O3/c1-29(2)9-10-33-24-13-17(20-14-26-27-15-20)6-8-22(24)28-25(31)23-12-19-11-21(32-4)7-5-18(19)16-30(23)3/h5-8,11,13-15,23H,9-10,12,16H2,1-4H3,(H,26,27)(H,28,31)/t23-/m1/s1. The van der Waals surface area contributed by atoms with E-state index in [9.17, 15) is 4.79 Å². The largest absolute Gasteiger partial charge is 0.497 e. The van der Waals surface area contributed by atoms with Gasteiger partial charge < -0.3 is 19.7 Å². The van der Waals surface area contributed by atoms with Gasteiger partial charge in [-0.25, -0.2) is 0 Å². The molecule has 4 rings (SSSR count). The first kappa shape index (κ1) is 22.8. The molecule has 1 aliphatic heterocycles. The fourth-order valence-corrected chi connectivity index (χ4v) is 4.00. The smallest absolute Gasteiger partial charge is 0.242 e. The Hall–Kier alpha value is -3.36. The van der Waals surface area contributed by atoms with Gasteiger partial charge in [0.15, 0.2) is 0 Å². The number of fused-ring (bicyclic) bond motifs is 1. The van der Waals surface area contributed by atoms with Gasteiger partial charge in [0.2, 0.25) is 5.91 Å². The Morgan fingerprint density at radius 1 is 1.21 bits per heavy atom. The van der Waals surface area contributed by atoms with Crippen LogP contribution in [-0.4, -0.2) is 73.4 Å². The summed E-state index contributed by atoms with van der Waals surface area (Å²) >= 11 is 0. The lowest BCUT2D eigenvalue weighted by molar-refractivity contribution is -0.121. The molecule has 0 aliphatic carbocycles. The van der Waals surface area contributed by atoms with Crippen molar-refractivity contribution in [2.24, 2.45) is 0 Å². The van der Waals surface area contributed by atoms with E-state index in [-0.39, 0.29) is 11.9 Å². The fourth-order valence-electron chi connectivity index (χ4n) is 4.00. The summed E-state index contributed by atoms with van der Waals surface area (Å²) in [5.41, 5.74) is 4.96. The number of ether oxygens (including phenoxy) is 2. The topological polar surface area (TPSA) is 82.7 Å². The molecule has 0 spiro atoms. The van der Waals surface area contributed by atoms with Gasteiger partial charge in [0.25, 0.3) is 0 Å². The van der Waals surface area contributed by atoms with Crippen LogP contribution in [0.15, 0.2) is 48.8 Å². The first-order valence-electron chi connectivity index (χ1n) is 11.0. The van der Waals surface area contributed by atoms with Gasteiger partial charge in [-0.15, -0.1) is 0 Å². The second kappa shape index (κ2) is 10.1. The zero-order chi connectivity index (χ0) is 23.4. The Kier molecular flexibility index (Phi) is 6.96. The SMILES string of the molecule is COc1ccc2c(c1)C[C@H](C(=O)Nc1ccc(-c3cn[nH]c3)cc1OCCN(C)C)N(C)C2. The molecule has 1 atom stereocenters. The second-order valence-electron chi connectivity index (χ2n) is 8.61. The van der Waals surface area contributed by atoms with Gasteiger partial charge in [-0.3, -0.25) is 14.8 Å². The number of aromatic amines is 1. The highest BCUT2D eigenvalue weighted by Gasteiger charge is 2.30. The van der Waals surface area contributed by atoms with Gasteiger partial charge in [0.05, 0.1) is 25.0 Å². The van der Waals surface area contributed by atoms with Gasteiger partial charge in [-0.1, -0.05) is 12.1 Å². The van der Waals surface area contributed by atoms with Crippen LogP contribution in [0.2, 0.25) is 0 Å². The van der Waals surface area contributed by atoms with Crippen molar-refractivity contribution in [2.45, 2.75) is 19.0 Å². The molecular formula is C25H31N5O3. The highest BCUT2D eigenvalue weighted by Crippen LogP contribution is 2.32. The molecule has 174 valence electrons. The number of nitrogens with one attached hydrogen (secondary N) is 2. The molecule has 2 aromatic carbocycles. The van der Waals surface area contributed by atoms with Gasteiger partial charge in [-0.05, 0) is 68.5 Å². The Labute approximate surface area is 194 Å². The zero-order valence-corrected chi connectivity index (χ0v) is 19.6. The first-order chi connectivity index (χ1) is 15.9. The number of carbonyl (C=O) groups is 1. The van der Waals surface area contributed by atoms with E-state index >= 15 is 0 Å². The summed E-state index contributed by atoms with van der Waals surface area (Å²) in [7, 11) is 7.64. The van der Waals surface area contributed by atoms with Crippen LogP contribution in [0.25, 0.3) is 11.1 Å². The normalized spacial score (nSPS) is 15.8. The van der Waals surface area contributed by atoms with E-state index in [1.807, 2.05) is 57.7 Å². The number of aromatic nitrogens is 2. The van der Waals surface area contributed by atoms with E-state index in [2.05, 4.69) is 31.4 Å². The van der Waals surface area contributed by atoms with Crippen LogP contribution in [0, 0.1) is 0 Å². The number of likely N-dealkylation sites (N-methyl/N-ethyl adjacent to an activating group) is 2. The maximum Gasteiger partial charge on any atom is 0.242 e. The highest BCUT2D eigenvalue weighted by molar-refractivity contribution is 5.97. The lowest BCUT2D eigenvalue weighted by atomic mass is 9.93. The molecule has 0 unspecified atom stereocenters. The number of rotatable bonds is 8. The van der Waals surface area contributed by atoms with E-state index in [0.29, 0.717) is 31.0 Å². The van der Waals surface area contributed by atoms with Gasteiger partial charge in [-0.2, -0.15) is 5.10 Å². The molecule has 33 heavy (non-hydrogen) atoms. The number of nitrogens with zero attached hydrogens (tertiary/aromatic N) is 3. The summed E-state index contributed by atoms with van der Waals surface area (Å²) in [4.78, 5) is 17.5. The Morgan fingerprint density at radius 3 is 2.79 bits per heavy atom. The van der Waals surface area contributed by atoms with Gasteiger partial charge in [0, 0.05) is 24.8 Å². The summed E-state index contributed by atoms with van der Waals surface area (Å²) in [5, 5.41) is 9.97. The summed E-state index contributed by atoms with van der Waals surface area (Å²) in [6.45, 7) is 2.00. The molecule has 2 N–H and O–H groups in total. The lowest BCUT2D eigenvalue weighted by Crippen LogP contribution is -2.45. The molecule has 0 saturated heterocycles. The third kappa shape index (κ3) is 5.35. The predicted molar refractivity (Wildman–Crippen MR) is 129 cm³/mol. The number of hydrogen-bond acceptors (Lipinski definition) is 6. The van der Waals surface area contributed by atoms with E-state index in [1.54, 1.807) is 13.3 Å². The molecule has 8 nitrogen and oxygen atoms in total. The Morgan fingerprint density at radius 2 is 2.06 bits per heavy atom. The van der Waals surface area contributed by atoms with Crippen LogP contribution in [0.1, 0.15) is 11.1 Å². The third-order valence-corrected chi connectivity index (χ3v) is 5.95. The number of methoxy groups -OCH3 is 1.